The summed E-state index contributed by atoms with van der Waals surface area (Å²) in [7, 11) is 0. The molecule has 0 amide bonds. The predicted molar refractivity (Wildman–Crippen MR) is 158 cm³/mol. The molecule has 5 heterocycles. The van der Waals surface area contributed by atoms with Gasteiger partial charge in [0.15, 0.2) is 4.83 Å². The van der Waals surface area contributed by atoms with Crippen LogP contribution >= 0.6 is 11.5 Å². The molecule has 2 atom stereocenters. The van der Waals surface area contributed by atoms with Crippen LogP contribution in [0.3, 0.4) is 0 Å². The van der Waals surface area contributed by atoms with Crippen molar-refractivity contribution in [3.63, 3.8) is 0 Å². The summed E-state index contributed by atoms with van der Waals surface area (Å²) < 4.78 is 10.0. The van der Waals surface area contributed by atoms with E-state index in [4.69, 9.17) is 20.1 Å². The minimum absolute atomic E-state index is 0.361. The van der Waals surface area contributed by atoms with Crippen molar-refractivity contribution in [3.8, 4) is 0 Å². The van der Waals surface area contributed by atoms with Crippen molar-refractivity contribution >= 4 is 39.7 Å². The first-order chi connectivity index (χ1) is 19.0. The largest absolute Gasteiger partial charge is 0.386 e. The summed E-state index contributed by atoms with van der Waals surface area (Å²) in [6.45, 7) is 10.7. The fourth-order valence-electron chi connectivity index (χ4n) is 7.02. The Morgan fingerprint density at radius 1 is 1.03 bits per heavy atom. The summed E-state index contributed by atoms with van der Waals surface area (Å²) in [5.74, 6) is 1.35. The number of anilines is 2. The van der Waals surface area contributed by atoms with E-state index in [9.17, 15) is 0 Å². The third kappa shape index (κ3) is 5.77. The fourth-order valence-corrected chi connectivity index (χ4v) is 7.80. The van der Waals surface area contributed by atoms with Crippen LogP contribution in [-0.4, -0.2) is 92.9 Å². The highest BCUT2D eigenvalue weighted by atomic mass is 32.1. The highest BCUT2D eigenvalue weighted by Crippen LogP contribution is 2.38. The van der Waals surface area contributed by atoms with Crippen LogP contribution in [0.4, 0.5) is 11.8 Å². The molecule has 0 radical (unpaired) electrons. The molecule has 39 heavy (non-hydrogen) atoms. The number of likely N-dealkylation sites (tertiary alicyclic amines) is 2. The average molecular weight is 554 g/mol. The van der Waals surface area contributed by atoms with Gasteiger partial charge in [-0.05, 0) is 77.2 Å². The molecule has 11 heteroatoms. The zero-order valence-electron chi connectivity index (χ0n) is 23.4. The summed E-state index contributed by atoms with van der Waals surface area (Å²) >= 11 is 1.40. The van der Waals surface area contributed by atoms with Crippen LogP contribution in [0.15, 0.2) is 11.9 Å². The van der Waals surface area contributed by atoms with E-state index in [-0.39, 0.29) is 0 Å². The molecule has 10 nitrogen and oxygen atoms in total. The molecule has 1 aliphatic carbocycles. The SMILES string of the molecule is Cc1nsc2nc(N/C(C=N)=C/NC3CCOCC3)nc(NC3CCC(N4CC5CC4CN5C(C)C)CC3)c12. The van der Waals surface area contributed by atoms with E-state index in [1.165, 1.54) is 50.1 Å². The van der Waals surface area contributed by atoms with Gasteiger partial charge in [0, 0.05) is 75.0 Å². The van der Waals surface area contributed by atoms with Crippen molar-refractivity contribution in [3.05, 3.63) is 17.6 Å². The molecule has 3 saturated heterocycles. The standard InChI is InChI=1S/C28H43N9OS/c1-17(2)36-15-24-12-23(36)16-37(24)22-6-4-20(5-7-22)31-26-25-18(3)35-39-27(25)34-28(33-26)32-21(13-29)14-30-19-8-10-38-11-9-19/h13-14,17,19-20,22-24,29-30H,4-12,15-16H2,1-3H3,(H2,31,32,33,34)/b21-14+,29-13?. The molecule has 2 bridgehead atoms. The molecule has 4 N–H and O–H groups in total. The van der Waals surface area contributed by atoms with Gasteiger partial charge in [0.2, 0.25) is 5.95 Å². The summed E-state index contributed by atoms with van der Waals surface area (Å²) in [6, 6.07) is 3.63. The highest BCUT2D eigenvalue weighted by molar-refractivity contribution is 7.13. The van der Waals surface area contributed by atoms with Gasteiger partial charge in [-0.15, -0.1) is 0 Å². The van der Waals surface area contributed by atoms with E-state index < -0.39 is 0 Å². The van der Waals surface area contributed by atoms with Crippen molar-refractivity contribution in [1.29, 1.82) is 5.41 Å². The summed E-state index contributed by atoms with van der Waals surface area (Å²) in [6.07, 6.45) is 11.2. The number of fused-ring (bicyclic) bond motifs is 3. The molecule has 3 aliphatic heterocycles. The molecular weight excluding hydrogens is 510 g/mol. The molecule has 2 unspecified atom stereocenters. The third-order valence-corrected chi connectivity index (χ3v) is 9.94. The van der Waals surface area contributed by atoms with Gasteiger partial charge >= 0.3 is 0 Å². The Bertz CT molecular complexity index is 1190. The first-order valence-corrected chi connectivity index (χ1v) is 15.5. The van der Waals surface area contributed by atoms with Crippen molar-refractivity contribution in [1.82, 2.24) is 29.5 Å². The van der Waals surface area contributed by atoms with Crippen molar-refractivity contribution in [2.45, 2.75) is 102 Å². The number of aromatic nitrogens is 3. The molecule has 0 aromatic carbocycles. The lowest BCUT2D eigenvalue weighted by molar-refractivity contribution is 0.0595. The summed E-state index contributed by atoms with van der Waals surface area (Å²) in [4.78, 5) is 16.0. The number of hydrogen-bond donors (Lipinski definition) is 4. The topological polar surface area (TPSA) is 114 Å². The fraction of sp³-hybridized carbons (Fsp3) is 0.714. The minimum atomic E-state index is 0.361. The molecule has 4 fully saturated rings. The predicted octanol–water partition coefficient (Wildman–Crippen LogP) is 3.96. The van der Waals surface area contributed by atoms with E-state index in [0.29, 0.717) is 35.8 Å². The van der Waals surface area contributed by atoms with Crippen LogP contribution in [0.2, 0.25) is 0 Å². The van der Waals surface area contributed by atoms with Crippen LogP contribution in [-0.2, 0) is 4.74 Å². The van der Waals surface area contributed by atoms with Crippen LogP contribution in [0.5, 0.6) is 0 Å². The van der Waals surface area contributed by atoms with Crippen molar-refractivity contribution < 1.29 is 4.74 Å². The quantitative estimate of drug-likeness (QED) is 0.343. The molecule has 6 rings (SSSR count). The normalized spacial score (nSPS) is 28.9. The lowest BCUT2D eigenvalue weighted by Crippen LogP contribution is -2.53. The summed E-state index contributed by atoms with van der Waals surface area (Å²) in [5, 5.41) is 19.4. The first kappa shape index (κ1) is 26.9. The van der Waals surface area contributed by atoms with E-state index in [2.05, 4.69) is 44.0 Å². The van der Waals surface area contributed by atoms with E-state index >= 15 is 0 Å². The Kier molecular flexibility index (Phi) is 8.02. The van der Waals surface area contributed by atoms with Gasteiger partial charge in [0.25, 0.3) is 0 Å². The number of hydrogen-bond acceptors (Lipinski definition) is 11. The first-order valence-electron chi connectivity index (χ1n) is 14.7. The number of ether oxygens (including phenoxy) is 1. The maximum atomic E-state index is 7.90. The molecule has 1 saturated carbocycles. The second kappa shape index (κ2) is 11.6. The number of nitrogens with zero attached hydrogens (tertiary/aromatic N) is 5. The zero-order chi connectivity index (χ0) is 26.9. The maximum Gasteiger partial charge on any atom is 0.230 e. The number of piperazine rings is 1. The molecular formula is C28H43N9OS. The van der Waals surface area contributed by atoms with Gasteiger partial charge in [-0.1, -0.05) is 0 Å². The summed E-state index contributed by atoms with van der Waals surface area (Å²) in [5.41, 5.74) is 1.59. The third-order valence-electron chi connectivity index (χ3n) is 9.11. The smallest absolute Gasteiger partial charge is 0.230 e. The number of rotatable bonds is 9. The second-order valence-electron chi connectivity index (χ2n) is 11.9. The van der Waals surface area contributed by atoms with Crippen LogP contribution in [0.1, 0.15) is 64.5 Å². The monoisotopic (exact) mass is 553 g/mol. The molecule has 0 spiro atoms. The minimum Gasteiger partial charge on any atom is -0.386 e. The zero-order valence-corrected chi connectivity index (χ0v) is 24.3. The van der Waals surface area contributed by atoms with Crippen LogP contribution in [0.25, 0.3) is 10.2 Å². The Morgan fingerprint density at radius 2 is 1.82 bits per heavy atom. The molecule has 2 aromatic heterocycles. The molecule has 2 aromatic rings. The van der Waals surface area contributed by atoms with E-state index in [0.717, 1.165) is 72.7 Å². The second-order valence-corrected chi connectivity index (χ2v) is 12.7. The Hall–Kier alpha value is -2.34. The Labute approximate surface area is 235 Å². The van der Waals surface area contributed by atoms with Crippen molar-refractivity contribution in [2.75, 3.05) is 36.9 Å². The average Bonchev–Trinajstić information content (AvgIpc) is 3.67. The van der Waals surface area contributed by atoms with E-state index in [1.54, 1.807) is 0 Å². The number of nitrogens with one attached hydrogen (secondary N) is 4. The van der Waals surface area contributed by atoms with Crippen LogP contribution < -0.4 is 16.0 Å². The molecule has 212 valence electrons. The number of allylic oxidation sites excluding steroid dienone is 1. The van der Waals surface area contributed by atoms with Gasteiger partial charge in [-0.25, -0.2) is 0 Å². The van der Waals surface area contributed by atoms with Gasteiger partial charge in [-0.3, -0.25) is 9.80 Å². The number of aryl methyl sites for hydroxylation is 1. The van der Waals surface area contributed by atoms with Gasteiger partial charge in [0.05, 0.1) is 16.8 Å². The molecule has 4 aliphatic rings. The lowest BCUT2D eigenvalue weighted by atomic mass is 9.89. The Balaban J connectivity index is 1.10. The Morgan fingerprint density at radius 3 is 2.51 bits per heavy atom. The lowest BCUT2D eigenvalue weighted by Gasteiger charge is -2.43. The van der Waals surface area contributed by atoms with Crippen LogP contribution in [0, 0.1) is 12.3 Å². The van der Waals surface area contributed by atoms with Gasteiger partial charge < -0.3 is 26.1 Å². The highest BCUT2D eigenvalue weighted by Gasteiger charge is 2.46. The van der Waals surface area contributed by atoms with E-state index in [1.807, 2.05) is 13.1 Å². The maximum absolute atomic E-state index is 7.90. The van der Waals surface area contributed by atoms with Gasteiger partial charge in [0.1, 0.15) is 5.82 Å². The van der Waals surface area contributed by atoms with Gasteiger partial charge in [-0.2, -0.15) is 14.3 Å². The van der Waals surface area contributed by atoms with Crippen molar-refractivity contribution in [2.24, 2.45) is 0 Å².